The predicted molar refractivity (Wildman–Crippen MR) is 71.6 cm³/mol. The van der Waals surface area contributed by atoms with Crippen LogP contribution in [0.5, 0.6) is 0 Å². The molecule has 2 aromatic rings. The van der Waals surface area contributed by atoms with Crippen LogP contribution in [0.2, 0.25) is 0 Å². The van der Waals surface area contributed by atoms with E-state index in [9.17, 15) is 18.0 Å². The molecule has 22 heavy (non-hydrogen) atoms. The highest BCUT2D eigenvalue weighted by Gasteiger charge is 2.32. The standard InChI is InChI=1S/C14H13F3N4O/c1-8(22)21-5-3-11-10(7-21)13(20-19-11)12-6-9(2-4-18-12)14(15,16)17/h2,4,6H,3,5,7H2,1H3,(H,19,20). The first-order chi connectivity index (χ1) is 10.4. The first-order valence-corrected chi connectivity index (χ1v) is 6.71. The Morgan fingerprint density at radius 2 is 2.18 bits per heavy atom. The number of rotatable bonds is 1. The van der Waals surface area contributed by atoms with Crippen molar-refractivity contribution in [3.63, 3.8) is 0 Å². The molecule has 0 unspecified atom stereocenters. The summed E-state index contributed by atoms with van der Waals surface area (Å²) in [6.45, 7) is 2.36. The van der Waals surface area contributed by atoms with Crippen LogP contribution in [0, 0.1) is 0 Å². The van der Waals surface area contributed by atoms with E-state index in [1.54, 1.807) is 4.90 Å². The van der Waals surface area contributed by atoms with Gasteiger partial charge in [-0.3, -0.25) is 14.9 Å². The zero-order chi connectivity index (χ0) is 15.9. The van der Waals surface area contributed by atoms with Crippen LogP contribution in [0.3, 0.4) is 0 Å². The maximum absolute atomic E-state index is 12.8. The van der Waals surface area contributed by atoms with Crippen molar-refractivity contribution in [1.29, 1.82) is 0 Å². The van der Waals surface area contributed by atoms with E-state index >= 15 is 0 Å². The SMILES string of the molecule is CC(=O)N1CCc2[nH]nc(-c3cc(C(F)(F)F)ccn3)c2C1. The average Bonchev–Trinajstić information content (AvgIpc) is 2.89. The molecule has 3 heterocycles. The van der Waals surface area contributed by atoms with Gasteiger partial charge in [0, 0.05) is 43.9 Å². The Balaban J connectivity index is 2.01. The molecule has 5 nitrogen and oxygen atoms in total. The van der Waals surface area contributed by atoms with Gasteiger partial charge in [-0.1, -0.05) is 0 Å². The largest absolute Gasteiger partial charge is 0.416 e. The van der Waals surface area contributed by atoms with Crippen LogP contribution in [0.4, 0.5) is 13.2 Å². The summed E-state index contributed by atoms with van der Waals surface area (Å²) in [6, 6.07) is 1.90. The number of aromatic amines is 1. The second-order valence-corrected chi connectivity index (χ2v) is 5.15. The normalized spacial score (nSPS) is 14.8. The molecule has 0 aliphatic carbocycles. The molecule has 0 aromatic carbocycles. The van der Waals surface area contributed by atoms with E-state index in [2.05, 4.69) is 15.2 Å². The molecular formula is C14H13F3N4O. The fourth-order valence-electron chi connectivity index (χ4n) is 2.51. The number of amides is 1. The Hall–Kier alpha value is -2.38. The van der Waals surface area contributed by atoms with E-state index in [0.29, 0.717) is 25.2 Å². The van der Waals surface area contributed by atoms with E-state index in [1.807, 2.05) is 0 Å². The predicted octanol–water partition coefficient (Wildman–Crippen LogP) is 2.40. The quantitative estimate of drug-likeness (QED) is 0.880. The third-order valence-corrected chi connectivity index (χ3v) is 3.71. The molecule has 116 valence electrons. The number of nitrogens with zero attached hydrogens (tertiary/aromatic N) is 3. The number of halogens is 3. The lowest BCUT2D eigenvalue weighted by Crippen LogP contribution is -2.34. The van der Waals surface area contributed by atoms with Gasteiger partial charge in [-0.15, -0.1) is 0 Å². The number of hydrogen-bond acceptors (Lipinski definition) is 3. The maximum atomic E-state index is 12.8. The van der Waals surface area contributed by atoms with Crippen molar-refractivity contribution >= 4 is 5.91 Å². The van der Waals surface area contributed by atoms with Gasteiger partial charge in [0.1, 0.15) is 5.69 Å². The molecule has 0 fully saturated rings. The summed E-state index contributed by atoms with van der Waals surface area (Å²) in [7, 11) is 0. The molecule has 1 N–H and O–H groups in total. The number of nitrogens with one attached hydrogen (secondary N) is 1. The van der Waals surface area contributed by atoms with Crippen LogP contribution < -0.4 is 0 Å². The van der Waals surface area contributed by atoms with E-state index in [0.717, 1.165) is 29.6 Å². The third kappa shape index (κ3) is 2.56. The van der Waals surface area contributed by atoms with E-state index in [1.165, 1.54) is 6.92 Å². The number of pyridine rings is 1. The van der Waals surface area contributed by atoms with Crippen molar-refractivity contribution < 1.29 is 18.0 Å². The lowest BCUT2D eigenvalue weighted by molar-refractivity contribution is -0.137. The summed E-state index contributed by atoms with van der Waals surface area (Å²) >= 11 is 0. The Morgan fingerprint density at radius 3 is 2.86 bits per heavy atom. The number of alkyl halides is 3. The minimum absolute atomic E-state index is 0.0743. The molecule has 0 atom stereocenters. The van der Waals surface area contributed by atoms with Crippen LogP contribution >= 0.6 is 0 Å². The summed E-state index contributed by atoms with van der Waals surface area (Å²) < 4.78 is 38.4. The van der Waals surface area contributed by atoms with Gasteiger partial charge in [0.25, 0.3) is 0 Å². The highest BCUT2D eigenvalue weighted by molar-refractivity contribution is 5.74. The van der Waals surface area contributed by atoms with Gasteiger partial charge in [-0.2, -0.15) is 18.3 Å². The molecule has 1 aliphatic rings. The van der Waals surface area contributed by atoms with Crippen molar-refractivity contribution in [1.82, 2.24) is 20.1 Å². The Kier molecular flexibility index (Phi) is 3.38. The molecule has 0 saturated carbocycles. The topological polar surface area (TPSA) is 61.9 Å². The second-order valence-electron chi connectivity index (χ2n) is 5.15. The minimum atomic E-state index is -4.43. The molecule has 0 bridgehead atoms. The number of aromatic nitrogens is 3. The highest BCUT2D eigenvalue weighted by Crippen LogP contribution is 2.33. The number of hydrogen-bond donors (Lipinski definition) is 1. The van der Waals surface area contributed by atoms with Crippen molar-refractivity contribution in [3.05, 3.63) is 35.2 Å². The number of carbonyl (C=O) groups is 1. The highest BCUT2D eigenvalue weighted by atomic mass is 19.4. The van der Waals surface area contributed by atoms with Gasteiger partial charge < -0.3 is 4.90 Å². The first-order valence-electron chi connectivity index (χ1n) is 6.71. The van der Waals surface area contributed by atoms with Crippen LogP contribution in [-0.4, -0.2) is 32.5 Å². The van der Waals surface area contributed by atoms with Crippen molar-refractivity contribution in [2.45, 2.75) is 26.1 Å². The fourth-order valence-corrected chi connectivity index (χ4v) is 2.51. The third-order valence-electron chi connectivity index (χ3n) is 3.71. The maximum Gasteiger partial charge on any atom is 0.416 e. The molecule has 1 amide bonds. The summed E-state index contributed by atoms with van der Waals surface area (Å²) in [5, 5.41) is 6.93. The monoisotopic (exact) mass is 310 g/mol. The zero-order valence-electron chi connectivity index (χ0n) is 11.7. The van der Waals surface area contributed by atoms with Gasteiger partial charge in [0.2, 0.25) is 5.91 Å². The lowest BCUT2D eigenvalue weighted by atomic mass is 10.0. The van der Waals surface area contributed by atoms with Gasteiger partial charge >= 0.3 is 6.18 Å². The van der Waals surface area contributed by atoms with E-state index in [4.69, 9.17) is 0 Å². The summed E-state index contributed by atoms with van der Waals surface area (Å²) in [5.74, 6) is -0.0743. The molecule has 8 heteroatoms. The van der Waals surface area contributed by atoms with Gasteiger partial charge in [-0.25, -0.2) is 0 Å². The Labute approximate surface area is 124 Å². The molecule has 2 aromatic heterocycles. The fraction of sp³-hybridized carbons (Fsp3) is 0.357. The lowest BCUT2D eigenvalue weighted by Gasteiger charge is -2.25. The van der Waals surface area contributed by atoms with Crippen LogP contribution in [0.1, 0.15) is 23.7 Å². The second kappa shape index (κ2) is 5.11. The minimum Gasteiger partial charge on any atom is -0.338 e. The summed E-state index contributed by atoms with van der Waals surface area (Å²) in [6.07, 6.45) is -2.72. The molecule has 3 rings (SSSR count). The molecule has 0 radical (unpaired) electrons. The number of carbonyl (C=O) groups excluding carboxylic acids is 1. The first kappa shape index (κ1) is 14.6. The van der Waals surface area contributed by atoms with Crippen molar-refractivity contribution in [2.24, 2.45) is 0 Å². The van der Waals surface area contributed by atoms with Crippen LogP contribution in [0.15, 0.2) is 18.3 Å². The van der Waals surface area contributed by atoms with E-state index < -0.39 is 11.7 Å². The van der Waals surface area contributed by atoms with E-state index in [-0.39, 0.29) is 11.6 Å². The Bertz CT molecular complexity index is 723. The average molecular weight is 310 g/mol. The van der Waals surface area contributed by atoms with Crippen LogP contribution in [0.25, 0.3) is 11.4 Å². The molecular weight excluding hydrogens is 297 g/mol. The zero-order valence-corrected chi connectivity index (χ0v) is 11.7. The van der Waals surface area contributed by atoms with Crippen molar-refractivity contribution in [2.75, 3.05) is 6.54 Å². The van der Waals surface area contributed by atoms with Gasteiger partial charge in [0.05, 0.1) is 11.3 Å². The van der Waals surface area contributed by atoms with Gasteiger partial charge in [-0.05, 0) is 12.1 Å². The molecule has 1 aliphatic heterocycles. The number of fused-ring (bicyclic) bond motifs is 1. The molecule has 0 spiro atoms. The summed E-state index contributed by atoms with van der Waals surface area (Å²) in [4.78, 5) is 17.1. The van der Waals surface area contributed by atoms with Gasteiger partial charge in [0.15, 0.2) is 0 Å². The van der Waals surface area contributed by atoms with Crippen molar-refractivity contribution in [3.8, 4) is 11.4 Å². The smallest absolute Gasteiger partial charge is 0.338 e. The molecule has 0 saturated heterocycles. The summed E-state index contributed by atoms with van der Waals surface area (Å²) in [5.41, 5.74) is 1.32. The van der Waals surface area contributed by atoms with Crippen LogP contribution in [-0.2, 0) is 23.9 Å². The Morgan fingerprint density at radius 1 is 1.41 bits per heavy atom. The number of H-pyrrole nitrogens is 1.